The highest BCUT2D eigenvalue weighted by atomic mass is 16.2. The molecule has 0 atom stereocenters. The van der Waals surface area contributed by atoms with Crippen LogP contribution in [0.3, 0.4) is 0 Å². The Morgan fingerprint density at radius 2 is 1.54 bits per heavy atom. The second kappa shape index (κ2) is 6.88. The van der Waals surface area contributed by atoms with Gasteiger partial charge in [0.25, 0.3) is 5.91 Å². The third kappa shape index (κ3) is 2.80. The Morgan fingerprint density at radius 1 is 0.875 bits per heavy atom. The minimum Gasteiger partial charge on any atom is -0.339 e. The number of rotatable bonds is 4. The van der Waals surface area contributed by atoms with E-state index >= 15 is 0 Å². The predicted molar refractivity (Wildman–Crippen MR) is 101 cm³/mol. The molecule has 0 aliphatic rings. The topological polar surface area (TPSA) is 20.3 Å². The zero-order valence-corrected chi connectivity index (χ0v) is 14.5. The first-order chi connectivity index (χ1) is 11.7. The molecule has 0 saturated carbocycles. The van der Waals surface area contributed by atoms with Crippen LogP contribution in [0.15, 0.2) is 60.7 Å². The third-order valence-electron chi connectivity index (χ3n) is 4.61. The van der Waals surface area contributed by atoms with Gasteiger partial charge in [0.2, 0.25) is 0 Å². The van der Waals surface area contributed by atoms with E-state index in [1.165, 1.54) is 16.3 Å². The lowest BCUT2D eigenvalue weighted by Crippen LogP contribution is -2.30. The van der Waals surface area contributed by atoms with Gasteiger partial charge in [0, 0.05) is 18.7 Å². The van der Waals surface area contributed by atoms with Crippen molar-refractivity contribution in [3.05, 3.63) is 71.8 Å². The number of carbonyl (C=O) groups excluding carboxylic acids is 1. The quantitative estimate of drug-likeness (QED) is 0.639. The van der Waals surface area contributed by atoms with Gasteiger partial charge in [-0.1, -0.05) is 54.6 Å². The lowest BCUT2D eigenvalue weighted by atomic mass is 9.90. The molecule has 0 saturated heterocycles. The monoisotopic (exact) mass is 317 g/mol. The van der Waals surface area contributed by atoms with Crippen LogP contribution in [-0.2, 0) is 0 Å². The number of carbonyl (C=O) groups is 1. The van der Waals surface area contributed by atoms with E-state index in [1.54, 1.807) is 0 Å². The van der Waals surface area contributed by atoms with Crippen molar-refractivity contribution in [2.75, 3.05) is 13.1 Å². The van der Waals surface area contributed by atoms with Gasteiger partial charge in [-0.15, -0.1) is 0 Å². The summed E-state index contributed by atoms with van der Waals surface area (Å²) >= 11 is 0. The van der Waals surface area contributed by atoms with Crippen LogP contribution in [-0.4, -0.2) is 23.9 Å². The Balaban J connectivity index is 2.25. The van der Waals surface area contributed by atoms with Gasteiger partial charge in [0.05, 0.1) is 0 Å². The van der Waals surface area contributed by atoms with Gasteiger partial charge < -0.3 is 4.90 Å². The van der Waals surface area contributed by atoms with Crippen LogP contribution >= 0.6 is 0 Å². The second-order valence-electron chi connectivity index (χ2n) is 6.00. The van der Waals surface area contributed by atoms with Crippen molar-refractivity contribution in [3.63, 3.8) is 0 Å². The SMILES string of the molecule is CCN(CC)C(=O)c1ccccc1-c1c(C)ccc2ccccc12. The van der Waals surface area contributed by atoms with E-state index in [9.17, 15) is 4.79 Å². The molecule has 0 unspecified atom stereocenters. The lowest BCUT2D eigenvalue weighted by molar-refractivity contribution is 0.0774. The molecule has 0 heterocycles. The minimum atomic E-state index is 0.0999. The van der Waals surface area contributed by atoms with Crippen LogP contribution in [0.4, 0.5) is 0 Å². The number of benzene rings is 3. The second-order valence-corrected chi connectivity index (χ2v) is 6.00. The molecular weight excluding hydrogens is 294 g/mol. The molecule has 3 aromatic rings. The number of aryl methyl sites for hydroxylation is 1. The zero-order valence-electron chi connectivity index (χ0n) is 14.5. The molecule has 1 amide bonds. The highest BCUT2D eigenvalue weighted by Crippen LogP contribution is 2.34. The smallest absolute Gasteiger partial charge is 0.254 e. The molecular formula is C22H23NO. The Bertz CT molecular complexity index is 878. The summed E-state index contributed by atoms with van der Waals surface area (Å²) in [6, 6.07) is 20.6. The highest BCUT2D eigenvalue weighted by molar-refractivity contribution is 6.06. The van der Waals surface area contributed by atoms with Crippen molar-refractivity contribution in [2.45, 2.75) is 20.8 Å². The molecule has 0 spiro atoms. The summed E-state index contributed by atoms with van der Waals surface area (Å²) in [4.78, 5) is 14.8. The molecule has 2 heteroatoms. The summed E-state index contributed by atoms with van der Waals surface area (Å²) in [5, 5.41) is 2.39. The van der Waals surface area contributed by atoms with Crippen LogP contribution in [0.1, 0.15) is 29.8 Å². The Morgan fingerprint density at radius 3 is 2.29 bits per heavy atom. The van der Waals surface area contributed by atoms with Gasteiger partial charge in [0.15, 0.2) is 0 Å². The van der Waals surface area contributed by atoms with Crippen molar-refractivity contribution in [2.24, 2.45) is 0 Å². The lowest BCUT2D eigenvalue weighted by Gasteiger charge is -2.21. The molecule has 3 aromatic carbocycles. The van der Waals surface area contributed by atoms with Gasteiger partial charge in [-0.25, -0.2) is 0 Å². The average molecular weight is 317 g/mol. The molecule has 0 bridgehead atoms. The number of hydrogen-bond donors (Lipinski definition) is 0. The van der Waals surface area contributed by atoms with E-state index < -0.39 is 0 Å². The molecule has 0 radical (unpaired) electrons. The van der Waals surface area contributed by atoms with Crippen LogP contribution in [0.25, 0.3) is 21.9 Å². The first-order valence-electron chi connectivity index (χ1n) is 8.54. The normalized spacial score (nSPS) is 10.8. The number of fused-ring (bicyclic) bond motifs is 1. The first-order valence-corrected chi connectivity index (χ1v) is 8.54. The zero-order chi connectivity index (χ0) is 17.1. The summed E-state index contributed by atoms with van der Waals surface area (Å²) in [7, 11) is 0. The maximum Gasteiger partial charge on any atom is 0.254 e. The molecule has 0 aromatic heterocycles. The third-order valence-corrected chi connectivity index (χ3v) is 4.61. The Hall–Kier alpha value is -2.61. The van der Waals surface area contributed by atoms with Crippen LogP contribution in [0, 0.1) is 6.92 Å². The van der Waals surface area contributed by atoms with Crippen molar-refractivity contribution in [3.8, 4) is 11.1 Å². The van der Waals surface area contributed by atoms with E-state index in [0.717, 1.165) is 29.8 Å². The Kier molecular flexibility index (Phi) is 4.66. The standard InChI is InChI=1S/C22H23NO/c1-4-23(5-2)22(24)20-13-9-8-12-19(20)21-16(3)14-15-17-10-6-7-11-18(17)21/h6-15H,4-5H2,1-3H3. The van der Waals surface area contributed by atoms with E-state index in [4.69, 9.17) is 0 Å². The summed E-state index contributed by atoms with van der Waals surface area (Å²) < 4.78 is 0. The minimum absolute atomic E-state index is 0.0999. The molecule has 0 aliphatic heterocycles. The molecule has 0 N–H and O–H groups in total. The van der Waals surface area contributed by atoms with Crippen LogP contribution in [0.5, 0.6) is 0 Å². The van der Waals surface area contributed by atoms with E-state index in [2.05, 4.69) is 49.4 Å². The van der Waals surface area contributed by atoms with Crippen molar-refractivity contribution < 1.29 is 4.79 Å². The van der Waals surface area contributed by atoms with E-state index in [1.807, 2.05) is 36.9 Å². The summed E-state index contributed by atoms with van der Waals surface area (Å²) in [6.07, 6.45) is 0. The fraction of sp³-hybridized carbons (Fsp3) is 0.227. The number of nitrogens with zero attached hydrogens (tertiary/aromatic N) is 1. The molecule has 3 rings (SSSR count). The first kappa shape index (κ1) is 16.3. The average Bonchev–Trinajstić information content (AvgIpc) is 2.62. The molecule has 2 nitrogen and oxygen atoms in total. The van der Waals surface area contributed by atoms with E-state index in [0.29, 0.717) is 0 Å². The largest absolute Gasteiger partial charge is 0.339 e. The van der Waals surface area contributed by atoms with E-state index in [-0.39, 0.29) is 5.91 Å². The summed E-state index contributed by atoms with van der Waals surface area (Å²) in [5.41, 5.74) is 4.14. The van der Waals surface area contributed by atoms with Gasteiger partial charge in [-0.05, 0) is 54.3 Å². The summed E-state index contributed by atoms with van der Waals surface area (Å²) in [6.45, 7) is 7.59. The molecule has 24 heavy (non-hydrogen) atoms. The van der Waals surface area contributed by atoms with Crippen LogP contribution in [0.2, 0.25) is 0 Å². The summed E-state index contributed by atoms with van der Waals surface area (Å²) in [5.74, 6) is 0.0999. The maximum absolute atomic E-state index is 13.0. The molecule has 122 valence electrons. The number of amides is 1. The van der Waals surface area contributed by atoms with Crippen molar-refractivity contribution in [1.82, 2.24) is 4.90 Å². The van der Waals surface area contributed by atoms with Crippen LogP contribution < -0.4 is 0 Å². The molecule has 0 aliphatic carbocycles. The number of hydrogen-bond acceptors (Lipinski definition) is 1. The predicted octanol–water partition coefficient (Wildman–Crippen LogP) is 5.30. The fourth-order valence-electron chi connectivity index (χ4n) is 3.31. The maximum atomic E-state index is 13.0. The highest BCUT2D eigenvalue weighted by Gasteiger charge is 2.19. The van der Waals surface area contributed by atoms with Gasteiger partial charge in [-0.2, -0.15) is 0 Å². The van der Waals surface area contributed by atoms with Gasteiger partial charge in [0.1, 0.15) is 0 Å². The van der Waals surface area contributed by atoms with Crippen molar-refractivity contribution >= 4 is 16.7 Å². The Labute approximate surface area is 143 Å². The van der Waals surface area contributed by atoms with Gasteiger partial charge >= 0.3 is 0 Å². The molecule has 0 fully saturated rings. The fourth-order valence-corrected chi connectivity index (χ4v) is 3.31. The van der Waals surface area contributed by atoms with Crippen molar-refractivity contribution in [1.29, 1.82) is 0 Å². The van der Waals surface area contributed by atoms with Gasteiger partial charge in [-0.3, -0.25) is 4.79 Å².